The molecule has 1 atom stereocenters. The molecule has 1 fully saturated rings. The van der Waals surface area contributed by atoms with Crippen molar-refractivity contribution in [3.05, 3.63) is 64.1 Å². The van der Waals surface area contributed by atoms with Gasteiger partial charge in [-0.25, -0.2) is 4.79 Å². The second-order valence-electron chi connectivity index (χ2n) is 6.39. The third kappa shape index (κ3) is 3.61. The molecule has 1 aliphatic rings. The molecule has 7 nitrogen and oxygen atoms in total. The molecule has 0 aliphatic carbocycles. The van der Waals surface area contributed by atoms with E-state index >= 15 is 0 Å². The zero-order valence-electron chi connectivity index (χ0n) is 14.9. The fraction of sp³-hybridized carbons (Fsp3) is 0.316. The number of carbonyl (C=O) groups is 2. The van der Waals surface area contributed by atoms with E-state index in [-0.39, 0.29) is 35.6 Å². The van der Waals surface area contributed by atoms with Gasteiger partial charge < -0.3 is 20.1 Å². The lowest BCUT2D eigenvalue weighted by Gasteiger charge is -2.29. The number of hydrogen-bond acceptors (Lipinski definition) is 3. The van der Waals surface area contributed by atoms with Crippen LogP contribution in [0.3, 0.4) is 0 Å². The Labute approximate surface area is 151 Å². The highest BCUT2D eigenvalue weighted by Crippen LogP contribution is 2.26. The van der Waals surface area contributed by atoms with Crippen molar-refractivity contribution in [1.29, 1.82) is 0 Å². The van der Waals surface area contributed by atoms with Crippen molar-refractivity contribution in [3.63, 3.8) is 0 Å². The van der Waals surface area contributed by atoms with E-state index < -0.39 is 0 Å². The Balaban J connectivity index is 1.92. The number of pyridine rings is 1. The second kappa shape index (κ2) is 7.43. The molecule has 26 heavy (non-hydrogen) atoms. The standard InChI is InChI=1S/C19H22N4O3/c1-13-8-10-22(2)18(25)17(13)21-19(26)23-11-9-20-16(24)12-15(23)14-6-4-3-5-7-14/h3-8,10,15H,9,11-12H2,1-2H3,(H,20,24)(H,21,26). The number of nitrogens with one attached hydrogen (secondary N) is 2. The van der Waals surface area contributed by atoms with Gasteiger partial charge in [0.05, 0.1) is 12.5 Å². The molecule has 1 aromatic carbocycles. The molecule has 1 unspecified atom stereocenters. The first-order valence-corrected chi connectivity index (χ1v) is 8.53. The minimum atomic E-state index is -0.387. The molecule has 1 aliphatic heterocycles. The van der Waals surface area contributed by atoms with Gasteiger partial charge in [-0.15, -0.1) is 0 Å². The van der Waals surface area contributed by atoms with E-state index in [9.17, 15) is 14.4 Å². The lowest BCUT2D eigenvalue weighted by Crippen LogP contribution is -2.41. The molecule has 3 rings (SSSR count). The van der Waals surface area contributed by atoms with Crippen LogP contribution in [0.5, 0.6) is 0 Å². The van der Waals surface area contributed by atoms with Gasteiger partial charge in [0.15, 0.2) is 0 Å². The van der Waals surface area contributed by atoms with Crippen LogP contribution in [0.2, 0.25) is 0 Å². The van der Waals surface area contributed by atoms with Crippen LogP contribution in [-0.4, -0.2) is 34.5 Å². The highest BCUT2D eigenvalue weighted by atomic mass is 16.2. The Kier molecular flexibility index (Phi) is 5.06. The Morgan fingerprint density at radius 3 is 2.65 bits per heavy atom. The number of nitrogens with zero attached hydrogens (tertiary/aromatic N) is 2. The van der Waals surface area contributed by atoms with E-state index in [4.69, 9.17) is 0 Å². The topological polar surface area (TPSA) is 83.4 Å². The van der Waals surface area contributed by atoms with Crippen LogP contribution in [0, 0.1) is 6.92 Å². The quantitative estimate of drug-likeness (QED) is 0.862. The van der Waals surface area contributed by atoms with Gasteiger partial charge in [-0.2, -0.15) is 0 Å². The summed E-state index contributed by atoms with van der Waals surface area (Å²) in [5.74, 6) is -0.0963. The normalized spacial score (nSPS) is 17.4. The summed E-state index contributed by atoms with van der Waals surface area (Å²) in [7, 11) is 1.64. The zero-order valence-corrected chi connectivity index (χ0v) is 14.9. The van der Waals surface area contributed by atoms with E-state index in [1.54, 1.807) is 31.1 Å². The first-order valence-electron chi connectivity index (χ1n) is 8.53. The second-order valence-corrected chi connectivity index (χ2v) is 6.39. The number of carbonyl (C=O) groups excluding carboxylic acids is 2. The van der Waals surface area contributed by atoms with Gasteiger partial charge in [0.25, 0.3) is 5.56 Å². The average Bonchev–Trinajstić information content (AvgIpc) is 2.84. The van der Waals surface area contributed by atoms with Crippen molar-refractivity contribution >= 4 is 17.6 Å². The maximum Gasteiger partial charge on any atom is 0.322 e. The third-order valence-corrected chi connectivity index (χ3v) is 4.58. The van der Waals surface area contributed by atoms with Gasteiger partial charge >= 0.3 is 6.03 Å². The fourth-order valence-corrected chi connectivity index (χ4v) is 3.10. The van der Waals surface area contributed by atoms with Gasteiger partial charge in [-0.05, 0) is 24.1 Å². The fourth-order valence-electron chi connectivity index (χ4n) is 3.10. The number of anilines is 1. The molecule has 3 amide bonds. The Bertz CT molecular complexity index is 876. The number of benzene rings is 1. The predicted molar refractivity (Wildman–Crippen MR) is 99.0 cm³/mol. The molecular weight excluding hydrogens is 332 g/mol. The number of urea groups is 1. The van der Waals surface area contributed by atoms with Gasteiger partial charge in [0.1, 0.15) is 5.69 Å². The first kappa shape index (κ1) is 17.7. The van der Waals surface area contributed by atoms with Crippen molar-refractivity contribution in [3.8, 4) is 0 Å². The number of hydrogen-bond donors (Lipinski definition) is 2. The van der Waals surface area contributed by atoms with Gasteiger partial charge in [-0.3, -0.25) is 9.59 Å². The molecule has 0 bridgehead atoms. The highest BCUT2D eigenvalue weighted by molar-refractivity contribution is 5.91. The number of aryl methyl sites for hydroxylation is 2. The summed E-state index contributed by atoms with van der Waals surface area (Å²) in [6.45, 7) is 2.52. The largest absolute Gasteiger partial charge is 0.354 e. The molecule has 7 heteroatoms. The lowest BCUT2D eigenvalue weighted by molar-refractivity contribution is -0.121. The summed E-state index contributed by atoms with van der Waals surface area (Å²) in [6, 6.07) is 10.5. The maximum absolute atomic E-state index is 13.0. The molecule has 136 valence electrons. The molecule has 2 heterocycles. The molecule has 0 radical (unpaired) electrons. The minimum Gasteiger partial charge on any atom is -0.354 e. The van der Waals surface area contributed by atoms with Crippen LogP contribution < -0.4 is 16.2 Å². The van der Waals surface area contributed by atoms with Crippen LogP contribution in [0.4, 0.5) is 10.5 Å². The monoisotopic (exact) mass is 354 g/mol. The Morgan fingerprint density at radius 2 is 1.92 bits per heavy atom. The van der Waals surface area contributed by atoms with Crippen LogP contribution in [-0.2, 0) is 11.8 Å². The summed E-state index contributed by atoms with van der Waals surface area (Å²) < 4.78 is 1.42. The molecule has 2 N–H and O–H groups in total. The molecule has 1 saturated heterocycles. The summed E-state index contributed by atoms with van der Waals surface area (Å²) in [5, 5.41) is 5.54. The molecular formula is C19H22N4O3. The number of aromatic nitrogens is 1. The summed E-state index contributed by atoms with van der Waals surface area (Å²) >= 11 is 0. The number of rotatable bonds is 2. The molecule has 2 aromatic rings. The van der Waals surface area contributed by atoms with Crippen LogP contribution in [0.25, 0.3) is 0 Å². The third-order valence-electron chi connectivity index (χ3n) is 4.58. The van der Waals surface area contributed by atoms with Crippen molar-refractivity contribution in [2.24, 2.45) is 7.05 Å². The predicted octanol–water partition coefficient (Wildman–Crippen LogP) is 1.79. The SMILES string of the molecule is Cc1ccn(C)c(=O)c1NC(=O)N1CCNC(=O)CC1c1ccccc1. The van der Waals surface area contributed by atoms with E-state index in [0.29, 0.717) is 18.7 Å². The average molecular weight is 354 g/mol. The van der Waals surface area contributed by atoms with Gasteiger partial charge in [0, 0.05) is 26.3 Å². The van der Waals surface area contributed by atoms with Crippen LogP contribution in [0.15, 0.2) is 47.4 Å². The molecule has 0 saturated carbocycles. The van der Waals surface area contributed by atoms with Gasteiger partial charge in [0.2, 0.25) is 5.91 Å². The number of amides is 3. The minimum absolute atomic E-state index is 0.0963. The molecule has 1 aromatic heterocycles. The maximum atomic E-state index is 13.0. The Hall–Kier alpha value is -3.09. The zero-order chi connectivity index (χ0) is 18.7. The lowest BCUT2D eigenvalue weighted by atomic mass is 10.0. The van der Waals surface area contributed by atoms with E-state index in [2.05, 4.69) is 10.6 Å². The van der Waals surface area contributed by atoms with Crippen LogP contribution >= 0.6 is 0 Å². The van der Waals surface area contributed by atoms with Crippen LogP contribution in [0.1, 0.15) is 23.6 Å². The van der Waals surface area contributed by atoms with Crippen molar-refractivity contribution < 1.29 is 9.59 Å². The Morgan fingerprint density at radius 1 is 1.19 bits per heavy atom. The van der Waals surface area contributed by atoms with Gasteiger partial charge in [-0.1, -0.05) is 30.3 Å². The van der Waals surface area contributed by atoms with E-state index in [0.717, 1.165) is 5.56 Å². The highest BCUT2D eigenvalue weighted by Gasteiger charge is 2.30. The smallest absolute Gasteiger partial charge is 0.322 e. The van der Waals surface area contributed by atoms with Crippen molar-refractivity contribution in [1.82, 2.24) is 14.8 Å². The van der Waals surface area contributed by atoms with E-state index in [1.807, 2.05) is 30.3 Å². The first-order chi connectivity index (χ1) is 12.5. The van der Waals surface area contributed by atoms with E-state index in [1.165, 1.54) is 4.57 Å². The summed E-state index contributed by atoms with van der Waals surface area (Å²) in [4.78, 5) is 38.9. The molecule has 0 spiro atoms. The van der Waals surface area contributed by atoms with Crippen molar-refractivity contribution in [2.75, 3.05) is 18.4 Å². The summed E-state index contributed by atoms with van der Waals surface area (Å²) in [6.07, 6.45) is 1.85. The van der Waals surface area contributed by atoms with Crippen molar-refractivity contribution in [2.45, 2.75) is 19.4 Å². The summed E-state index contributed by atoms with van der Waals surface area (Å²) in [5.41, 5.74) is 1.58.